The molecule has 1 N–H and O–H groups in total. The van der Waals surface area contributed by atoms with Crippen LogP contribution in [0.3, 0.4) is 0 Å². The van der Waals surface area contributed by atoms with Crippen LogP contribution in [0, 0.1) is 12.8 Å². The lowest BCUT2D eigenvalue weighted by molar-refractivity contribution is -0.125. The molecule has 1 aliphatic rings. The van der Waals surface area contributed by atoms with Crippen LogP contribution in [0.1, 0.15) is 24.3 Å². The molecule has 0 saturated carbocycles. The summed E-state index contributed by atoms with van der Waals surface area (Å²) in [6, 6.07) is 9.67. The van der Waals surface area contributed by atoms with Crippen LogP contribution in [0.2, 0.25) is 0 Å². The van der Waals surface area contributed by atoms with Crippen molar-refractivity contribution in [3.05, 3.63) is 58.5 Å². The van der Waals surface area contributed by atoms with E-state index in [1.54, 1.807) is 11.6 Å². The summed E-state index contributed by atoms with van der Waals surface area (Å²) in [4.78, 5) is 40.8. The highest BCUT2D eigenvalue weighted by molar-refractivity contribution is 7.22. The Hall–Kier alpha value is -3.53. The standard InChI is InChI=1S/C23H24N6O3S/c1-14-17(26-21(32-14)16-6-4-3-5-7-16)12-29-13-25-19-18(22(29)31)33-23(27-19)28-10-8-15(9-11-28)20(30)24-2/h3-7,13,15H,8-12H2,1-2H3,(H,24,30). The number of benzene rings is 1. The molecule has 0 atom stereocenters. The second kappa shape index (κ2) is 8.78. The van der Waals surface area contributed by atoms with Crippen molar-refractivity contribution < 1.29 is 9.21 Å². The Morgan fingerprint density at radius 2 is 1.97 bits per heavy atom. The van der Waals surface area contributed by atoms with Gasteiger partial charge in [-0.15, -0.1) is 0 Å². The minimum Gasteiger partial charge on any atom is -0.441 e. The third-order valence-corrected chi connectivity index (χ3v) is 7.08. The zero-order valence-corrected chi connectivity index (χ0v) is 19.3. The average Bonchev–Trinajstić information content (AvgIpc) is 3.45. The highest BCUT2D eigenvalue weighted by Crippen LogP contribution is 2.29. The van der Waals surface area contributed by atoms with Gasteiger partial charge < -0.3 is 14.6 Å². The topological polar surface area (TPSA) is 106 Å². The summed E-state index contributed by atoms with van der Waals surface area (Å²) in [7, 11) is 1.67. The molecule has 5 rings (SSSR count). The molecule has 0 aliphatic carbocycles. The van der Waals surface area contributed by atoms with Crippen molar-refractivity contribution in [3.63, 3.8) is 0 Å². The van der Waals surface area contributed by atoms with E-state index in [-0.39, 0.29) is 23.9 Å². The third kappa shape index (κ3) is 4.13. The van der Waals surface area contributed by atoms with Crippen molar-refractivity contribution in [2.75, 3.05) is 25.0 Å². The monoisotopic (exact) mass is 464 g/mol. The molecule has 1 aromatic carbocycles. The van der Waals surface area contributed by atoms with Crippen LogP contribution in [0.4, 0.5) is 5.13 Å². The fraction of sp³-hybridized carbons (Fsp3) is 0.348. The van der Waals surface area contributed by atoms with Crippen LogP contribution in [0.5, 0.6) is 0 Å². The second-order valence-corrected chi connectivity index (χ2v) is 9.07. The zero-order valence-electron chi connectivity index (χ0n) is 18.4. The van der Waals surface area contributed by atoms with E-state index in [1.165, 1.54) is 17.7 Å². The number of hydrogen-bond donors (Lipinski definition) is 1. The van der Waals surface area contributed by atoms with E-state index in [9.17, 15) is 9.59 Å². The molecule has 0 radical (unpaired) electrons. The van der Waals surface area contributed by atoms with Gasteiger partial charge in [0.25, 0.3) is 5.56 Å². The average molecular weight is 465 g/mol. The molecule has 4 heterocycles. The number of oxazole rings is 1. The van der Waals surface area contributed by atoms with Crippen LogP contribution >= 0.6 is 11.3 Å². The lowest BCUT2D eigenvalue weighted by Gasteiger charge is -2.30. The predicted molar refractivity (Wildman–Crippen MR) is 126 cm³/mol. The van der Waals surface area contributed by atoms with E-state index in [0.29, 0.717) is 27.7 Å². The van der Waals surface area contributed by atoms with E-state index in [2.05, 4.69) is 25.2 Å². The first-order chi connectivity index (χ1) is 16.0. The lowest BCUT2D eigenvalue weighted by atomic mass is 9.96. The number of aromatic nitrogens is 4. The van der Waals surface area contributed by atoms with Crippen molar-refractivity contribution in [1.82, 2.24) is 24.8 Å². The molecular weight excluding hydrogens is 440 g/mol. The molecule has 9 nitrogen and oxygen atoms in total. The van der Waals surface area contributed by atoms with Crippen molar-refractivity contribution in [1.29, 1.82) is 0 Å². The van der Waals surface area contributed by atoms with Gasteiger partial charge >= 0.3 is 0 Å². The van der Waals surface area contributed by atoms with Crippen LogP contribution in [0.15, 0.2) is 45.9 Å². The van der Waals surface area contributed by atoms with Crippen LogP contribution in [-0.2, 0) is 11.3 Å². The SMILES string of the molecule is CNC(=O)C1CCN(c2nc3ncn(Cc4nc(-c5ccccc5)oc4C)c(=O)c3s2)CC1. The number of nitrogens with zero attached hydrogens (tertiary/aromatic N) is 5. The first-order valence-corrected chi connectivity index (χ1v) is 11.7. The minimum absolute atomic E-state index is 0.0301. The first kappa shape index (κ1) is 21.3. The van der Waals surface area contributed by atoms with Gasteiger partial charge in [0.05, 0.1) is 6.54 Å². The van der Waals surface area contributed by atoms with Gasteiger partial charge in [-0.2, -0.15) is 4.98 Å². The lowest BCUT2D eigenvalue weighted by Crippen LogP contribution is -2.39. The Kier molecular flexibility index (Phi) is 5.67. The maximum atomic E-state index is 13.2. The van der Waals surface area contributed by atoms with Crippen molar-refractivity contribution in [3.8, 4) is 11.5 Å². The number of carbonyl (C=O) groups excluding carboxylic acids is 1. The van der Waals surface area contributed by atoms with E-state index < -0.39 is 0 Å². The summed E-state index contributed by atoms with van der Waals surface area (Å²) >= 11 is 1.35. The summed E-state index contributed by atoms with van der Waals surface area (Å²) in [5, 5.41) is 3.49. The number of piperidine rings is 1. The smallest absolute Gasteiger partial charge is 0.273 e. The van der Waals surface area contributed by atoms with Gasteiger partial charge in [0.1, 0.15) is 22.5 Å². The third-order valence-electron chi connectivity index (χ3n) is 5.99. The number of hydrogen-bond acceptors (Lipinski definition) is 8. The number of nitrogens with one attached hydrogen (secondary N) is 1. The molecule has 0 bridgehead atoms. The summed E-state index contributed by atoms with van der Waals surface area (Å²) < 4.78 is 7.89. The Morgan fingerprint density at radius 1 is 1.21 bits per heavy atom. The van der Waals surface area contributed by atoms with Crippen molar-refractivity contribution in [2.24, 2.45) is 5.92 Å². The Morgan fingerprint density at radius 3 is 2.70 bits per heavy atom. The van der Waals surface area contributed by atoms with Gasteiger partial charge in [-0.3, -0.25) is 14.2 Å². The quantitative estimate of drug-likeness (QED) is 0.484. The molecule has 33 heavy (non-hydrogen) atoms. The van der Waals surface area contributed by atoms with Gasteiger partial charge in [0.15, 0.2) is 10.8 Å². The normalized spacial score (nSPS) is 14.7. The van der Waals surface area contributed by atoms with Crippen LogP contribution in [-0.4, -0.2) is 45.6 Å². The van der Waals surface area contributed by atoms with Gasteiger partial charge in [0.2, 0.25) is 11.8 Å². The van der Waals surface area contributed by atoms with E-state index in [4.69, 9.17) is 4.42 Å². The number of aryl methyl sites for hydroxylation is 1. The molecular formula is C23H24N6O3S. The Labute approximate surface area is 194 Å². The molecule has 0 spiro atoms. The number of carbonyl (C=O) groups is 1. The number of fused-ring (bicyclic) bond motifs is 1. The summed E-state index contributed by atoms with van der Waals surface area (Å²) in [5.41, 5.74) is 1.89. The second-order valence-electron chi connectivity index (χ2n) is 8.09. The molecule has 1 saturated heterocycles. The minimum atomic E-state index is -0.146. The maximum absolute atomic E-state index is 13.2. The van der Waals surface area contributed by atoms with E-state index in [0.717, 1.165) is 36.6 Å². The summed E-state index contributed by atoms with van der Waals surface area (Å²) in [6.45, 7) is 3.58. The molecule has 1 aliphatic heterocycles. The molecule has 4 aromatic rings. The van der Waals surface area contributed by atoms with E-state index in [1.807, 2.05) is 37.3 Å². The molecule has 1 fully saturated rings. The van der Waals surface area contributed by atoms with Crippen LogP contribution in [0.25, 0.3) is 21.8 Å². The van der Waals surface area contributed by atoms with Gasteiger partial charge in [-0.05, 0) is 31.9 Å². The zero-order chi connectivity index (χ0) is 22.9. The van der Waals surface area contributed by atoms with E-state index >= 15 is 0 Å². The van der Waals surface area contributed by atoms with Crippen molar-refractivity contribution in [2.45, 2.75) is 26.3 Å². The van der Waals surface area contributed by atoms with Gasteiger partial charge in [0, 0.05) is 31.6 Å². The number of thiazole rings is 1. The number of rotatable bonds is 5. The Bertz CT molecular complexity index is 1350. The highest BCUT2D eigenvalue weighted by Gasteiger charge is 2.26. The highest BCUT2D eigenvalue weighted by atomic mass is 32.1. The number of anilines is 1. The molecule has 0 unspecified atom stereocenters. The summed E-state index contributed by atoms with van der Waals surface area (Å²) in [5.74, 6) is 1.32. The van der Waals surface area contributed by atoms with Crippen molar-refractivity contribution >= 4 is 32.7 Å². The molecule has 3 aromatic heterocycles. The van der Waals surface area contributed by atoms with Crippen LogP contribution < -0.4 is 15.8 Å². The fourth-order valence-electron chi connectivity index (χ4n) is 4.06. The molecule has 10 heteroatoms. The molecule has 170 valence electrons. The predicted octanol–water partition coefficient (Wildman–Crippen LogP) is 2.83. The number of amides is 1. The van der Waals surface area contributed by atoms with Gasteiger partial charge in [-0.25, -0.2) is 9.97 Å². The Balaban J connectivity index is 1.37. The molecule has 1 amide bonds. The maximum Gasteiger partial charge on any atom is 0.273 e. The fourth-order valence-corrected chi connectivity index (χ4v) is 5.08. The first-order valence-electron chi connectivity index (χ1n) is 10.9. The van der Waals surface area contributed by atoms with Gasteiger partial charge in [-0.1, -0.05) is 29.5 Å². The summed E-state index contributed by atoms with van der Waals surface area (Å²) in [6.07, 6.45) is 3.05. The largest absolute Gasteiger partial charge is 0.441 e.